The molecule has 2 aromatic heterocycles. The van der Waals surface area contributed by atoms with Crippen molar-refractivity contribution in [3.63, 3.8) is 0 Å². The first-order valence-corrected chi connectivity index (χ1v) is 8.66. The van der Waals surface area contributed by atoms with Gasteiger partial charge in [0.25, 0.3) is 5.56 Å². The largest absolute Gasteiger partial charge is 0.306 e. The Kier molecular flexibility index (Phi) is 3.54. The molecule has 3 nitrogen and oxygen atoms in total. The molecule has 2 heterocycles. The van der Waals surface area contributed by atoms with E-state index in [1.165, 1.54) is 11.3 Å². The summed E-state index contributed by atoms with van der Waals surface area (Å²) in [5, 5.41) is 1.68. The lowest BCUT2D eigenvalue weighted by molar-refractivity contribution is 1.16. The molecule has 0 saturated heterocycles. The van der Waals surface area contributed by atoms with E-state index < -0.39 is 0 Å². The molecule has 23 heavy (non-hydrogen) atoms. The fraction of sp³-hybridized carbons (Fsp3) is 0. The fourth-order valence-electron chi connectivity index (χ4n) is 2.60. The van der Waals surface area contributed by atoms with Crippen LogP contribution in [-0.2, 0) is 0 Å². The van der Waals surface area contributed by atoms with Gasteiger partial charge in [0.05, 0.1) is 20.8 Å². The Morgan fingerprint density at radius 3 is 2.70 bits per heavy atom. The molecule has 0 aliphatic rings. The minimum absolute atomic E-state index is 0.153. The third kappa shape index (κ3) is 2.32. The number of hydrogen-bond donors (Lipinski definition) is 1. The zero-order valence-electron chi connectivity index (χ0n) is 11.5. The van der Waals surface area contributed by atoms with Crippen LogP contribution in [0.3, 0.4) is 0 Å². The molecule has 0 saturated carbocycles. The zero-order chi connectivity index (χ0) is 16.1. The third-order valence-corrected chi connectivity index (χ3v) is 5.56. The van der Waals surface area contributed by atoms with Crippen molar-refractivity contribution in [1.29, 1.82) is 0 Å². The molecular weight excluding hydrogens is 371 g/mol. The van der Waals surface area contributed by atoms with Crippen LogP contribution in [0.25, 0.3) is 27.0 Å². The Balaban J connectivity index is 2.19. The number of nitrogens with one attached hydrogen (secondary N) is 1. The number of thiazole rings is 1. The summed E-state index contributed by atoms with van der Waals surface area (Å²) in [4.78, 5) is 16.1. The minimum atomic E-state index is -0.153. The van der Waals surface area contributed by atoms with Gasteiger partial charge in [-0.25, -0.2) is 0 Å². The van der Waals surface area contributed by atoms with Gasteiger partial charge in [0, 0.05) is 10.6 Å². The highest BCUT2D eigenvalue weighted by Crippen LogP contribution is 2.37. The summed E-state index contributed by atoms with van der Waals surface area (Å²) in [5.74, 6) is 0. The number of aromatic nitrogens is 2. The van der Waals surface area contributed by atoms with Gasteiger partial charge in [0.2, 0.25) is 0 Å². The second-order valence-corrected chi connectivity index (χ2v) is 7.46. The van der Waals surface area contributed by atoms with Crippen molar-refractivity contribution in [3.05, 3.63) is 66.8 Å². The monoisotopic (exact) mass is 378 g/mol. The third-order valence-electron chi connectivity index (χ3n) is 3.61. The predicted molar refractivity (Wildman–Crippen MR) is 99.7 cm³/mol. The standard InChI is InChI=1S/C16H8Cl2N2OS2/c17-8-5-6-9(11(18)7-8)13-14-19-15(21)10-3-1-2-4-12(10)20(14)16(22)23-13/h1-7H,(H,19,21). The molecular formula is C16H8Cl2N2OS2. The van der Waals surface area contributed by atoms with Crippen molar-refractivity contribution in [1.82, 2.24) is 9.38 Å². The predicted octanol–water partition coefficient (Wildman–Crippen LogP) is 5.55. The highest BCUT2D eigenvalue weighted by molar-refractivity contribution is 7.73. The number of aromatic amines is 1. The molecule has 7 heteroatoms. The molecule has 114 valence electrons. The number of benzene rings is 2. The summed E-state index contributed by atoms with van der Waals surface area (Å²) in [6, 6.07) is 12.7. The quantitative estimate of drug-likeness (QED) is 0.441. The number of rotatable bonds is 1. The molecule has 0 bridgehead atoms. The number of halogens is 2. The van der Waals surface area contributed by atoms with E-state index in [1.54, 1.807) is 18.2 Å². The summed E-state index contributed by atoms with van der Waals surface area (Å²) in [7, 11) is 0. The van der Waals surface area contributed by atoms with E-state index in [2.05, 4.69) is 4.98 Å². The number of nitrogens with zero attached hydrogens (tertiary/aromatic N) is 1. The van der Waals surface area contributed by atoms with Crippen molar-refractivity contribution < 1.29 is 0 Å². The van der Waals surface area contributed by atoms with Crippen molar-refractivity contribution >= 4 is 63.3 Å². The van der Waals surface area contributed by atoms with Gasteiger partial charge in [-0.3, -0.25) is 9.20 Å². The van der Waals surface area contributed by atoms with E-state index in [0.717, 1.165) is 16.0 Å². The Hall–Kier alpha value is -1.66. The molecule has 4 aromatic rings. The van der Waals surface area contributed by atoms with Crippen LogP contribution >= 0.6 is 46.8 Å². The summed E-state index contributed by atoms with van der Waals surface area (Å²) in [6.45, 7) is 0. The summed E-state index contributed by atoms with van der Waals surface area (Å²) < 4.78 is 2.52. The molecule has 2 aromatic carbocycles. The number of para-hydroxylation sites is 1. The molecule has 0 atom stereocenters. The van der Waals surface area contributed by atoms with Gasteiger partial charge in [-0.1, -0.05) is 41.4 Å². The van der Waals surface area contributed by atoms with E-state index in [9.17, 15) is 4.79 Å². The molecule has 0 aliphatic carbocycles. The Morgan fingerprint density at radius 1 is 1.13 bits per heavy atom. The minimum Gasteiger partial charge on any atom is -0.306 e. The van der Waals surface area contributed by atoms with Crippen molar-refractivity contribution in [2.75, 3.05) is 0 Å². The van der Waals surface area contributed by atoms with Gasteiger partial charge in [-0.15, -0.1) is 11.3 Å². The number of fused-ring (bicyclic) bond motifs is 3. The Labute approximate surface area is 149 Å². The molecule has 0 spiro atoms. The average Bonchev–Trinajstić information content (AvgIpc) is 2.84. The highest BCUT2D eigenvalue weighted by Gasteiger charge is 2.15. The number of H-pyrrole nitrogens is 1. The van der Waals surface area contributed by atoms with Crippen molar-refractivity contribution in [3.8, 4) is 10.4 Å². The topological polar surface area (TPSA) is 37.3 Å². The van der Waals surface area contributed by atoms with Gasteiger partial charge in [-0.05, 0) is 36.5 Å². The first-order valence-electron chi connectivity index (χ1n) is 6.68. The molecule has 0 fully saturated rings. The molecule has 0 radical (unpaired) electrons. The maximum absolute atomic E-state index is 12.4. The molecule has 1 N–H and O–H groups in total. The smallest absolute Gasteiger partial charge is 0.258 e. The van der Waals surface area contributed by atoms with E-state index in [1.807, 2.05) is 28.7 Å². The summed E-state index contributed by atoms with van der Waals surface area (Å²) in [5.41, 5.74) is 2.07. The van der Waals surface area contributed by atoms with E-state index in [-0.39, 0.29) is 5.56 Å². The van der Waals surface area contributed by atoms with Gasteiger partial charge in [-0.2, -0.15) is 0 Å². The number of hydrogen-bond acceptors (Lipinski definition) is 3. The fourth-order valence-corrected chi connectivity index (χ4v) is 4.58. The Morgan fingerprint density at radius 2 is 1.91 bits per heavy atom. The highest BCUT2D eigenvalue weighted by atomic mass is 35.5. The van der Waals surface area contributed by atoms with Crippen LogP contribution in [0.4, 0.5) is 0 Å². The lowest BCUT2D eigenvalue weighted by Crippen LogP contribution is -2.09. The second-order valence-electron chi connectivity index (χ2n) is 4.98. The van der Waals surface area contributed by atoms with Crippen LogP contribution < -0.4 is 5.56 Å². The van der Waals surface area contributed by atoms with E-state index >= 15 is 0 Å². The molecule has 0 unspecified atom stereocenters. The van der Waals surface area contributed by atoms with Gasteiger partial charge in [0.1, 0.15) is 5.65 Å². The van der Waals surface area contributed by atoms with Gasteiger partial charge in [0.15, 0.2) is 3.95 Å². The van der Waals surface area contributed by atoms with E-state index in [0.29, 0.717) is 25.0 Å². The van der Waals surface area contributed by atoms with Crippen LogP contribution in [0.2, 0.25) is 10.0 Å². The van der Waals surface area contributed by atoms with Gasteiger partial charge >= 0.3 is 0 Å². The second kappa shape index (κ2) is 5.46. The molecule has 4 rings (SSSR count). The first-order chi connectivity index (χ1) is 11.1. The van der Waals surface area contributed by atoms with Crippen molar-refractivity contribution in [2.45, 2.75) is 0 Å². The SMILES string of the molecule is O=c1[nH]c2c(-c3ccc(Cl)cc3Cl)sc(=S)n2c2ccccc12. The van der Waals surface area contributed by atoms with Crippen LogP contribution in [0.1, 0.15) is 0 Å². The maximum atomic E-state index is 12.4. The normalized spacial score (nSPS) is 11.4. The Bertz CT molecular complexity index is 1190. The molecule has 0 aliphatic heterocycles. The van der Waals surface area contributed by atoms with Crippen LogP contribution in [0, 0.1) is 3.95 Å². The first kappa shape index (κ1) is 14.9. The van der Waals surface area contributed by atoms with Crippen molar-refractivity contribution in [2.24, 2.45) is 0 Å². The summed E-state index contributed by atoms with van der Waals surface area (Å²) in [6.07, 6.45) is 0. The van der Waals surface area contributed by atoms with Gasteiger partial charge < -0.3 is 4.98 Å². The lowest BCUT2D eigenvalue weighted by atomic mass is 10.2. The average molecular weight is 379 g/mol. The summed E-state index contributed by atoms with van der Waals surface area (Å²) >= 11 is 19.2. The maximum Gasteiger partial charge on any atom is 0.258 e. The van der Waals surface area contributed by atoms with Crippen LogP contribution in [-0.4, -0.2) is 9.38 Å². The zero-order valence-corrected chi connectivity index (χ0v) is 14.6. The van der Waals surface area contributed by atoms with Crippen LogP contribution in [0.5, 0.6) is 0 Å². The van der Waals surface area contributed by atoms with E-state index in [4.69, 9.17) is 35.4 Å². The van der Waals surface area contributed by atoms with Crippen LogP contribution in [0.15, 0.2) is 47.3 Å². The molecule has 0 amide bonds. The lowest BCUT2D eigenvalue weighted by Gasteiger charge is -2.05.